The second kappa shape index (κ2) is 9.75. The molecule has 2 aromatic heterocycles. The third kappa shape index (κ3) is 4.83. The number of anilines is 1. The zero-order valence-corrected chi connectivity index (χ0v) is 20.6. The number of pyridine rings is 1. The van der Waals surface area contributed by atoms with Crippen LogP contribution in [0.5, 0.6) is 5.75 Å². The Balaban J connectivity index is 1.58. The Labute approximate surface area is 217 Å². The molecule has 0 saturated carbocycles. The molecule has 0 bridgehead atoms. The van der Waals surface area contributed by atoms with E-state index in [1.807, 2.05) is 0 Å². The highest BCUT2D eigenvalue weighted by Gasteiger charge is 2.39. The Kier molecular flexibility index (Phi) is 6.59. The fourth-order valence-corrected chi connectivity index (χ4v) is 4.38. The maximum Gasteiger partial charge on any atom is 0.425 e. The molecule has 38 heavy (non-hydrogen) atoms. The molecule has 4 aromatic rings. The van der Waals surface area contributed by atoms with Gasteiger partial charge in [0.2, 0.25) is 0 Å². The molecule has 0 saturated heterocycles. The van der Waals surface area contributed by atoms with Gasteiger partial charge in [-0.25, -0.2) is 14.2 Å². The van der Waals surface area contributed by atoms with Crippen LogP contribution in [0.2, 0.25) is 5.15 Å². The van der Waals surface area contributed by atoms with Crippen molar-refractivity contribution < 1.29 is 27.1 Å². The number of rotatable bonds is 5. The van der Waals surface area contributed by atoms with Crippen LogP contribution in [-0.2, 0) is 13.0 Å². The molecule has 1 N–H and O–H groups in total. The molecule has 0 radical (unpaired) electrons. The Morgan fingerprint density at radius 3 is 2.71 bits per heavy atom. The summed E-state index contributed by atoms with van der Waals surface area (Å²) < 4.78 is 62.7. The number of ether oxygens (including phenoxy) is 1. The smallest absolute Gasteiger partial charge is 0.425 e. The first-order valence-electron chi connectivity index (χ1n) is 11.7. The van der Waals surface area contributed by atoms with Crippen LogP contribution in [0.15, 0.2) is 47.3 Å². The molecule has 0 spiro atoms. The lowest BCUT2D eigenvalue weighted by Crippen LogP contribution is -2.32. The molecule has 0 fully saturated rings. The molecule has 13 heteroatoms. The van der Waals surface area contributed by atoms with Gasteiger partial charge in [-0.15, -0.1) is 5.10 Å². The van der Waals surface area contributed by atoms with Crippen molar-refractivity contribution in [1.29, 1.82) is 0 Å². The summed E-state index contributed by atoms with van der Waals surface area (Å²) >= 11 is 5.93. The van der Waals surface area contributed by atoms with E-state index in [9.17, 15) is 22.8 Å². The lowest BCUT2D eigenvalue weighted by molar-refractivity contribution is -0.189. The van der Waals surface area contributed by atoms with Crippen molar-refractivity contribution in [2.75, 3.05) is 5.32 Å². The number of aryl methyl sites for hydroxylation is 1. The number of carbonyl (C=O) groups excluding carboxylic acids is 1. The predicted molar refractivity (Wildman–Crippen MR) is 132 cm³/mol. The van der Waals surface area contributed by atoms with Crippen LogP contribution in [0.3, 0.4) is 0 Å². The fraction of sp³-hybridized carbons (Fsp3) is 0.280. The second-order valence-electron chi connectivity index (χ2n) is 8.78. The third-order valence-electron chi connectivity index (χ3n) is 6.20. The highest BCUT2D eigenvalue weighted by molar-refractivity contribution is 6.29. The van der Waals surface area contributed by atoms with Gasteiger partial charge >= 0.3 is 11.9 Å². The molecule has 1 aliphatic heterocycles. The molecule has 2 aromatic carbocycles. The molecule has 1 amide bonds. The topological polar surface area (TPSA) is 91.0 Å². The second-order valence-corrected chi connectivity index (χ2v) is 9.17. The largest absolute Gasteiger partial charge is 0.480 e. The fourth-order valence-electron chi connectivity index (χ4n) is 4.22. The monoisotopic (exact) mass is 549 g/mol. The summed E-state index contributed by atoms with van der Waals surface area (Å²) in [6.45, 7) is 1.15. The highest BCUT2D eigenvalue weighted by atomic mass is 35.5. The summed E-state index contributed by atoms with van der Waals surface area (Å²) in [6, 6.07) is 9.55. The van der Waals surface area contributed by atoms with Crippen LogP contribution in [-0.4, -0.2) is 37.5 Å². The van der Waals surface area contributed by atoms with Crippen molar-refractivity contribution in [2.45, 2.75) is 45.0 Å². The minimum absolute atomic E-state index is 0.228. The van der Waals surface area contributed by atoms with Gasteiger partial charge in [0.25, 0.3) is 5.91 Å². The van der Waals surface area contributed by atoms with Crippen LogP contribution in [0.1, 0.15) is 35.9 Å². The Bertz CT molecular complexity index is 1620. The molecule has 1 unspecified atom stereocenters. The van der Waals surface area contributed by atoms with Crippen molar-refractivity contribution in [2.24, 2.45) is 0 Å². The van der Waals surface area contributed by atoms with E-state index >= 15 is 4.39 Å². The number of nitrogens with one attached hydrogen (secondary N) is 1. The van der Waals surface area contributed by atoms with Crippen LogP contribution in [0.25, 0.3) is 16.6 Å². The number of amides is 1. The summed E-state index contributed by atoms with van der Waals surface area (Å²) in [6.07, 6.45) is -5.06. The van der Waals surface area contributed by atoms with Crippen LogP contribution in [0.4, 0.5) is 23.2 Å². The van der Waals surface area contributed by atoms with E-state index in [1.165, 1.54) is 10.6 Å². The predicted octanol–water partition coefficient (Wildman–Crippen LogP) is 5.29. The van der Waals surface area contributed by atoms with Crippen LogP contribution in [0, 0.1) is 5.82 Å². The Hall–Kier alpha value is -3.93. The number of carbonyl (C=O) groups is 1. The maximum atomic E-state index is 15.3. The summed E-state index contributed by atoms with van der Waals surface area (Å²) in [5.74, 6) is -2.09. The first-order chi connectivity index (χ1) is 18.0. The molecule has 0 aliphatic carbocycles. The van der Waals surface area contributed by atoms with Gasteiger partial charge in [-0.1, -0.05) is 17.7 Å². The summed E-state index contributed by atoms with van der Waals surface area (Å²) in [4.78, 5) is 30.2. The van der Waals surface area contributed by atoms with Gasteiger partial charge in [-0.2, -0.15) is 17.9 Å². The third-order valence-corrected chi connectivity index (χ3v) is 6.41. The van der Waals surface area contributed by atoms with E-state index in [1.54, 1.807) is 24.3 Å². The van der Waals surface area contributed by atoms with Crippen molar-refractivity contribution in [3.8, 4) is 11.4 Å². The van der Waals surface area contributed by atoms with E-state index in [0.29, 0.717) is 29.7 Å². The van der Waals surface area contributed by atoms with Crippen LogP contribution >= 0.6 is 11.6 Å². The molecule has 1 atom stereocenters. The number of aromatic nitrogens is 4. The number of fused-ring (bicyclic) bond motifs is 2. The lowest BCUT2D eigenvalue weighted by Gasteiger charge is -2.20. The molecule has 198 valence electrons. The van der Waals surface area contributed by atoms with Gasteiger partial charge < -0.3 is 10.1 Å². The minimum Gasteiger partial charge on any atom is -0.480 e. The van der Waals surface area contributed by atoms with E-state index in [-0.39, 0.29) is 10.8 Å². The number of hydrogen-bond acceptors (Lipinski definition) is 5. The number of nitrogens with zero attached hydrogens (tertiary/aromatic N) is 4. The molecular weight excluding hydrogens is 530 g/mol. The van der Waals surface area contributed by atoms with Crippen LogP contribution < -0.4 is 15.7 Å². The first kappa shape index (κ1) is 25.7. The quantitative estimate of drug-likeness (QED) is 0.270. The number of hydrogen-bond donors (Lipinski definition) is 1. The summed E-state index contributed by atoms with van der Waals surface area (Å²) in [7, 11) is 0. The molecule has 3 heterocycles. The highest BCUT2D eigenvalue weighted by Crippen LogP contribution is 2.32. The number of benzene rings is 2. The van der Waals surface area contributed by atoms with Crippen molar-refractivity contribution in [3.63, 3.8) is 0 Å². The minimum atomic E-state index is -4.77. The van der Waals surface area contributed by atoms with E-state index in [0.717, 1.165) is 36.6 Å². The van der Waals surface area contributed by atoms with Crippen molar-refractivity contribution >= 4 is 34.1 Å². The van der Waals surface area contributed by atoms with Crippen molar-refractivity contribution in [3.05, 3.63) is 75.3 Å². The zero-order chi connectivity index (χ0) is 27.2. The zero-order valence-electron chi connectivity index (χ0n) is 19.9. The van der Waals surface area contributed by atoms with Gasteiger partial charge in [0.1, 0.15) is 28.2 Å². The SMILES string of the molecule is CC(Oc1cc(-n2nc3n(c2=O)CCCC3)c(F)cc1C(=O)Nc1cccc2nc(Cl)ccc12)C(F)(F)F. The maximum absolute atomic E-state index is 15.3. The van der Waals surface area contributed by atoms with Gasteiger partial charge in [-0.05, 0) is 50.1 Å². The molecule has 5 rings (SSSR count). The van der Waals surface area contributed by atoms with Gasteiger partial charge in [0.05, 0.1) is 16.8 Å². The number of alkyl halides is 3. The van der Waals surface area contributed by atoms with Gasteiger partial charge in [0.15, 0.2) is 6.10 Å². The lowest BCUT2D eigenvalue weighted by atomic mass is 10.1. The normalized spacial score (nSPS) is 14.3. The number of halogens is 5. The van der Waals surface area contributed by atoms with E-state index in [4.69, 9.17) is 16.3 Å². The standard InChI is InChI=1S/C25H20ClF4N5O3/c1-13(25(28,29)30)38-20-12-19(35-24(37)34-10-3-2-7-22(34)33-35)16(27)11-15(20)23(36)32-18-6-4-5-17-14(18)8-9-21(26)31-17/h4-6,8-9,11-13H,2-3,7,10H2,1H3,(H,32,36). The van der Waals surface area contributed by atoms with E-state index in [2.05, 4.69) is 15.4 Å². The van der Waals surface area contributed by atoms with Crippen molar-refractivity contribution in [1.82, 2.24) is 19.3 Å². The molecule has 8 nitrogen and oxygen atoms in total. The van der Waals surface area contributed by atoms with Gasteiger partial charge in [-0.3, -0.25) is 9.36 Å². The average molecular weight is 550 g/mol. The summed E-state index contributed by atoms with van der Waals surface area (Å²) in [5, 5.41) is 7.47. The molecule has 1 aliphatic rings. The average Bonchev–Trinajstić information content (AvgIpc) is 3.20. The Morgan fingerprint density at radius 1 is 1.18 bits per heavy atom. The van der Waals surface area contributed by atoms with E-state index < -0.39 is 46.7 Å². The molecular formula is C25H20ClF4N5O3. The summed E-state index contributed by atoms with van der Waals surface area (Å²) in [5.41, 5.74) is -0.830. The Morgan fingerprint density at radius 2 is 1.97 bits per heavy atom. The first-order valence-corrected chi connectivity index (χ1v) is 12.0. The van der Waals surface area contributed by atoms with Gasteiger partial charge in [0, 0.05) is 24.4 Å².